The summed E-state index contributed by atoms with van der Waals surface area (Å²) in [5.41, 5.74) is 4.91. The van der Waals surface area contributed by atoms with Gasteiger partial charge in [0.2, 0.25) is 0 Å². The van der Waals surface area contributed by atoms with E-state index < -0.39 is 0 Å². The van der Waals surface area contributed by atoms with Crippen molar-refractivity contribution in [3.63, 3.8) is 0 Å². The Morgan fingerprint density at radius 1 is 1.42 bits per heavy atom. The molecule has 0 spiro atoms. The van der Waals surface area contributed by atoms with Crippen molar-refractivity contribution in [2.75, 3.05) is 0 Å². The molecule has 0 fully saturated rings. The third-order valence-electron chi connectivity index (χ3n) is 4.74. The Hall–Kier alpha value is -1.88. The molecule has 0 aliphatic heterocycles. The molecule has 2 heterocycles. The summed E-state index contributed by atoms with van der Waals surface area (Å²) < 4.78 is 5.39. The fraction of sp³-hybridized carbons (Fsp3) is 0.474. The predicted octanol–water partition coefficient (Wildman–Crippen LogP) is 4.56. The molecule has 1 unspecified atom stereocenters. The number of amides is 1. The van der Waals surface area contributed by atoms with Gasteiger partial charge in [0, 0.05) is 10.3 Å². The number of rotatable bonds is 3. The zero-order valence-electron chi connectivity index (χ0n) is 14.7. The number of carbonyl (C=O) groups is 1. The first-order chi connectivity index (χ1) is 11.3. The molecular weight excluding hydrogens is 320 g/mol. The summed E-state index contributed by atoms with van der Waals surface area (Å²) in [5, 5.41) is 5.97. The minimum atomic E-state index is -0.138. The summed E-state index contributed by atoms with van der Waals surface area (Å²) in [4.78, 5) is 13.8. The molecular formula is C19H24N2O2S. The minimum absolute atomic E-state index is 0.138. The number of aryl methyl sites for hydroxylation is 1. The Kier molecular flexibility index (Phi) is 4.63. The molecule has 1 N–H and O–H groups in total. The number of fused-ring (bicyclic) bond motifs is 1. The van der Waals surface area contributed by atoms with E-state index in [1.165, 1.54) is 16.7 Å². The first-order valence-corrected chi connectivity index (χ1v) is 9.21. The van der Waals surface area contributed by atoms with Gasteiger partial charge < -0.3 is 4.42 Å². The Balaban J connectivity index is 1.67. The van der Waals surface area contributed by atoms with Crippen molar-refractivity contribution in [2.24, 2.45) is 16.4 Å². The van der Waals surface area contributed by atoms with Gasteiger partial charge in [-0.1, -0.05) is 20.8 Å². The van der Waals surface area contributed by atoms with Crippen LogP contribution in [-0.2, 0) is 12.8 Å². The van der Waals surface area contributed by atoms with Crippen LogP contribution in [0.5, 0.6) is 0 Å². The van der Waals surface area contributed by atoms with Crippen molar-refractivity contribution in [1.29, 1.82) is 0 Å². The van der Waals surface area contributed by atoms with E-state index in [2.05, 4.69) is 31.3 Å². The van der Waals surface area contributed by atoms with E-state index in [1.807, 2.05) is 24.4 Å². The van der Waals surface area contributed by atoms with Crippen LogP contribution in [0, 0.1) is 18.3 Å². The molecule has 2 aromatic heterocycles. The standard InChI is InChI=1S/C19H24N2O2S/c1-12-5-7-14(23-12)10-20-21-18(22)16-11-24-17-9-13(19(2,3)4)6-8-15(16)17/h5,7,10-11,13H,6,8-9H2,1-4H3,(H,21,22). The van der Waals surface area contributed by atoms with Gasteiger partial charge in [0.1, 0.15) is 11.5 Å². The van der Waals surface area contributed by atoms with Gasteiger partial charge in [0.05, 0.1) is 11.8 Å². The van der Waals surface area contributed by atoms with Crippen molar-refractivity contribution in [1.82, 2.24) is 5.43 Å². The van der Waals surface area contributed by atoms with Crippen molar-refractivity contribution in [3.8, 4) is 0 Å². The maximum absolute atomic E-state index is 12.4. The van der Waals surface area contributed by atoms with Crippen LogP contribution in [0.3, 0.4) is 0 Å². The van der Waals surface area contributed by atoms with Crippen molar-refractivity contribution in [3.05, 3.63) is 45.0 Å². The summed E-state index contributed by atoms with van der Waals surface area (Å²) in [6.07, 6.45) is 4.72. The quantitative estimate of drug-likeness (QED) is 0.655. The van der Waals surface area contributed by atoms with Crippen LogP contribution in [0.4, 0.5) is 0 Å². The van der Waals surface area contributed by atoms with E-state index >= 15 is 0 Å². The molecule has 128 valence electrons. The molecule has 4 nitrogen and oxygen atoms in total. The summed E-state index contributed by atoms with van der Waals surface area (Å²) in [6, 6.07) is 3.69. The maximum atomic E-state index is 12.4. The number of nitrogens with one attached hydrogen (secondary N) is 1. The van der Waals surface area contributed by atoms with Gasteiger partial charge in [0.25, 0.3) is 5.91 Å². The van der Waals surface area contributed by atoms with Gasteiger partial charge in [0.15, 0.2) is 0 Å². The van der Waals surface area contributed by atoms with Crippen LogP contribution < -0.4 is 5.43 Å². The van der Waals surface area contributed by atoms with E-state index in [-0.39, 0.29) is 5.91 Å². The number of hydrogen-bond donors (Lipinski definition) is 1. The maximum Gasteiger partial charge on any atom is 0.272 e. The zero-order valence-corrected chi connectivity index (χ0v) is 15.5. The number of hydrogen-bond acceptors (Lipinski definition) is 4. The molecule has 0 saturated heterocycles. The molecule has 1 aliphatic carbocycles. The van der Waals surface area contributed by atoms with Crippen molar-refractivity contribution in [2.45, 2.75) is 47.0 Å². The topological polar surface area (TPSA) is 54.6 Å². The zero-order chi connectivity index (χ0) is 17.3. The van der Waals surface area contributed by atoms with Gasteiger partial charge in [-0.05, 0) is 55.2 Å². The van der Waals surface area contributed by atoms with Crippen LogP contribution in [0.25, 0.3) is 0 Å². The molecule has 0 saturated carbocycles. The first kappa shape index (κ1) is 17.0. The molecule has 1 amide bonds. The average molecular weight is 344 g/mol. The first-order valence-electron chi connectivity index (χ1n) is 8.33. The number of thiophene rings is 1. The number of nitrogens with zero attached hydrogens (tertiary/aromatic N) is 1. The monoisotopic (exact) mass is 344 g/mol. The van der Waals surface area contributed by atoms with Crippen LogP contribution >= 0.6 is 11.3 Å². The fourth-order valence-electron chi connectivity index (χ4n) is 3.18. The molecule has 24 heavy (non-hydrogen) atoms. The van der Waals surface area contributed by atoms with Gasteiger partial charge in [-0.2, -0.15) is 5.10 Å². The lowest BCUT2D eigenvalue weighted by Gasteiger charge is -2.33. The van der Waals surface area contributed by atoms with E-state index in [9.17, 15) is 4.79 Å². The largest absolute Gasteiger partial charge is 0.460 e. The lowest BCUT2D eigenvalue weighted by atomic mass is 9.72. The number of furan rings is 1. The molecule has 1 aliphatic rings. The number of hydrazone groups is 1. The highest BCUT2D eigenvalue weighted by molar-refractivity contribution is 7.10. The molecule has 0 radical (unpaired) electrons. The van der Waals surface area contributed by atoms with Gasteiger partial charge >= 0.3 is 0 Å². The van der Waals surface area contributed by atoms with Gasteiger partial charge in [-0.15, -0.1) is 11.3 Å². The Morgan fingerprint density at radius 3 is 2.88 bits per heavy atom. The summed E-state index contributed by atoms with van der Waals surface area (Å²) in [7, 11) is 0. The van der Waals surface area contributed by atoms with Crippen LogP contribution in [0.1, 0.15) is 59.5 Å². The molecule has 2 aromatic rings. The van der Waals surface area contributed by atoms with Crippen LogP contribution in [-0.4, -0.2) is 12.1 Å². The molecule has 1 atom stereocenters. The van der Waals surface area contributed by atoms with Gasteiger partial charge in [-0.3, -0.25) is 4.79 Å². The van der Waals surface area contributed by atoms with E-state index in [1.54, 1.807) is 11.3 Å². The Bertz CT molecular complexity index is 765. The fourth-order valence-corrected chi connectivity index (χ4v) is 4.34. The molecule has 5 heteroatoms. The normalized spacial score (nSPS) is 17.9. The summed E-state index contributed by atoms with van der Waals surface area (Å²) >= 11 is 1.70. The predicted molar refractivity (Wildman–Crippen MR) is 97.8 cm³/mol. The second kappa shape index (κ2) is 6.55. The highest BCUT2D eigenvalue weighted by atomic mass is 32.1. The smallest absolute Gasteiger partial charge is 0.272 e. The lowest BCUT2D eigenvalue weighted by molar-refractivity contribution is 0.0954. The second-order valence-electron chi connectivity index (χ2n) is 7.50. The Morgan fingerprint density at radius 2 is 2.21 bits per heavy atom. The summed E-state index contributed by atoms with van der Waals surface area (Å²) in [6.45, 7) is 8.78. The lowest BCUT2D eigenvalue weighted by Crippen LogP contribution is -2.27. The highest BCUT2D eigenvalue weighted by Crippen LogP contribution is 2.40. The van der Waals surface area contributed by atoms with Crippen LogP contribution in [0.2, 0.25) is 0 Å². The third-order valence-corrected chi connectivity index (χ3v) is 5.79. The molecule has 3 rings (SSSR count). The van der Waals surface area contributed by atoms with E-state index in [0.29, 0.717) is 17.1 Å². The van der Waals surface area contributed by atoms with Crippen molar-refractivity contribution >= 4 is 23.5 Å². The second-order valence-corrected chi connectivity index (χ2v) is 8.47. The SMILES string of the molecule is Cc1ccc(C=NNC(=O)c2csc3c2CCC(C(C)(C)C)C3)o1. The third kappa shape index (κ3) is 3.61. The molecule has 0 aromatic carbocycles. The minimum Gasteiger partial charge on any atom is -0.460 e. The highest BCUT2D eigenvalue weighted by Gasteiger charge is 2.31. The average Bonchev–Trinajstić information content (AvgIpc) is 3.11. The van der Waals surface area contributed by atoms with E-state index in [4.69, 9.17) is 4.42 Å². The molecule has 0 bridgehead atoms. The summed E-state index contributed by atoms with van der Waals surface area (Å²) in [5.74, 6) is 2.00. The van der Waals surface area contributed by atoms with E-state index in [0.717, 1.165) is 30.6 Å². The van der Waals surface area contributed by atoms with Gasteiger partial charge in [-0.25, -0.2) is 5.43 Å². The number of carbonyl (C=O) groups excluding carboxylic acids is 1. The van der Waals surface area contributed by atoms with Crippen LogP contribution in [0.15, 0.2) is 27.0 Å². The van der Waals surface area contributed by atoms with Crippen molar-refractivity contribution < 1.29 is 9.21 Å². The Labute approximate surface area is 147 Å².